The van der Waals surface area contributed by atoms with Crippen LogP contribution in [0.25, 0.3) is 11.0 Å². The molecule has 0 aliphatic carbocycles. The van der Waals surface area contributed by atoms with Crippen molar-refractivity contribution in [3.63, 3.8) is 0 Å². The molecule has 0 radical (unpaired) electrons. The summed E-state index contributed by atoms with van der Waals surface area (Å²) in [7, 11) is -7.40. The second kappa shape index (κ2) is 7.70. The zero-order valence-corrected chi connectivity index (χ0v) is 16.6. The minimum atomic E-state index is -3.88. The summed E-state index contributed by atoms with van der Waals surface area (Å²) in [5, 5.41) is 0.465. The van der Waals surface area contributed by atoms with Crippen molar-refractivity contribution in [1.29, 1.82) is 0 Å². The van der Waals surface area contributed by atoms with Crippen molar-refractivity contribution >= 4 is 31.0 Å². The monoisotopic (exact) mass is 414 g/mol. The Labute approximate surface area is 158 Å². The Morgan fingerprint density at radius 2 is 1.93 bits per heavy atom. The van der Waals surface area contributed by atoms with Crippen molar-refractivity contribution in [2.24, 2.45) is 0 Å². The molecule has 1 saturated heterocycles. The first-order chi connectivity index (χ1) is 12.7. The van der Waals surface area contributed by atoms with Gasteiger partial charge in [-0.15, -0.1) is 0 Å². The van der Waals surface area contributed by atoms with Crippen molar-refractivity contribution in [2.45, 2.75) is 37.1 Å². The lowest BCUT2D eigenvalue weighted by molar-refractivity contribution is 0.269. The molecule has 1 atom stereocenters. The highest BCUT2D eigenvalue weighted by Gasteiger charge is 2.29. The number of rotatable bonds is 6. The van der Waals surface area contributed by atoms with Crippen molar-refractivity contribution in [1.82, 2.24) is 9.03 Å². The number of benzene rings is 1. The normalized spacial score (nSPS) is 19.4. The van der Waals surface area contributed by atoms with Gasteiger partial charge in [-0.25, -0.2) is 26.4 Å². The molecule has 8 nitrogen and oxygen atoms in total. The Morgan fingerprint density at radius 3 is 2.67 bits per heavy atom. The van der Waals surface area contributed by atoms with E-state index >= 15 is 0 Å². The summed E-state index contributed by atoms with van der Waals surface area (Å²) in [5.41, 5.74) is -0.239. The molecule has 1 aromatic heterocycles. The first-order valence-corrected chi connectivity index (χ1v) is 11.8. The highest BCUT2D eigenvalue weighted by molar-refractivity contribution is 7.90. The van der Waals surface area contributed by atoms with E-state index in [2.05, 4.69) is 4.72 Å². The molecule has 1 aliphatic rings. The standard InChI is InChI=1S/C17H22N2O6S2/c1-13-4-2-3-10-19(13)26(21,22)11-9-18-27(23,24)15-6-7-16-14(12-15)5-8-17(20)25-16/h5-8,12-13,18H,2-4,9-11H2,1H3. The summed E-state index contributed by atoms with van der Waals surface area (Å²) in [4.78, 5) is 11.2. The minimum Gasteiger partial charge on any atom is -0.423 e. The molecule has 2 heterocycles. The van der Waals surface area contributed by atoms with Gasteiger partial charge in [0.25, 0.3) is 0 Å². The smallest absolute Gasteiger partial charge is 0.336 e. The summed E-state index contributed by atoms with van der Waals surface area (Å²) in [5.74, 6) is -0.293. The molecular formula is C17H22N2O6S2. The van der Waals surface area contributed by atoms with Crippen molar-refractivity contribution in [3.05, 3.63) is 40.8 Å². The topological polar surface area (TPSA) is 114 Å². The van der Waals surface area contributed by atoms with Crippen LogP contribution in [0.3, 0.4) is 0 Å². The Balaban J connectivity index is 1.69. The molecule has 0 bridgehead atoms. The third-order valence-corrected chi connectivity index (χ3v) is 8.09. The van der Waals surface area contributed by atoms with Crippen LogP contribution in [0, 0.1) is 0 Å². The van der Waals surface area contributed by atoms with Crippen molar-refractivity contribution in [3.8, 4) is 0 Å². The molecule has 0 amide bonds. The highest BCUT2D eigenvalue weighted by atomic mass is 32.2. The van der Waals surface area contributed by atoms with Crippen LogP contribution in [-0.4, -0.2) is 46.0 Å². The molecule has 1 fully saturated rings. The van der Waals surface area contributed by atoms with Gasteiger partial charge in [-0.1, -0.05) is 6.42 Å². The molecule has 3 rings (SSSR count). The van der Waals surface area contributed by atoms with E-state index in [1.165, 1.54) is 34.6 Å². The summed E-state index contributed by atoms with van der Waals surface area (Å²) < 4.78 is 58.6. The molecule has 148 valence electrons. The summed E-state index contributed by atoms with van der Waals surface area (Å²) in [6, 6.07) is 6.71. The number of hydrogen-bond acceptors (Lipinski definition) is 6. The lowest BCUT2D eigenvalue weighted by Crippen LogP contribution is -2.45. The molecular weight excluding hydrogens is 392 g/mol. The zero-order chi connectivity index (χ0) is 19.7. The third-order valence-electron chi connectivity index (χ3n) is 4.65. The second-order valence-electron chi connectivity index (χ2n) is 6.62. The largest absolute Gasteiger partial charge is 0.423 e. The van der Waals surface area contributed by atoms with Crippen LogP contribution < -0.4 is 10.3 Å². The van der Waals surface area contributed by atoms with Crippen LogP contribution in [0.15, 0.2) is 44.4 Å². The number of sulfonamides is 2. The van der Waals surface area contributed by atoms with E-state index in [1.54, 1.807) is 0 Å². The van der Waals surface area contributed by atoms with E-state index < -0.39 is 25.7 Å². The van der Waals surface area contributed by atoms with E-state index in [1.807, 2.05) is 6.92 Å². The van der Waals surface area contributed by atoms with Crippen LogP contribution in [0.5, 0.6) is 0 Å². The number of nitrogens with one attached hydrogen (secondary N) is 1. The lowest BCUT2D eigenvalue weighted by atomic mass is 10.1. The molecule has 0 saturated carbocycles. The SMILES string of the molecule is CC1CCCCN1S(=O)(=O)CCNS(=O)(=O)c1ccc2oc(=O)ccc2c1. The average Bonchev–Trinajstić information content (AvgIpc) is 2.61. The third kappa shape index (κ3) is 4.57. The van der Waals surface area contributed by atoms with Crippen molar-refractivity contribution in [2.75, 3.05) is 18.8 Å². The van der Waals surface area contributed by atoms with Crippen LogP contribution >= 0.6 is 0 Å². The molecule has 1 aromatic carbocycles. The van der Waals surface area contributed by atoms with Gasteiger partial charge in [0.2, 0.25) is 20.0 Å². The van der Waals surface area contributed by atoms with E-state index in [0.29, 0.717) is 11.9 Å². The maximum absolute atomic E-state index is 12.5. The molecule has 1 unspecified atom stereocenters. The van der Waals surface area contributed by atoms with Gasteiger partial charge in [0.05, 0.1) is 10.6 Å². The fourth-order valence-electron chi connectivity index (χ4n) is 3.21. The first-order valence-electron chi connectivity index (χ1n) is 8.72. The maximum atomic E-state index is 12.5. The van der Waals surface area contributed by atoms with Crippen LogP contribution in [0.2, 0.25) is 0 Å². The van der Waals surface area contributed by atoms with E-state index in [-0.39, 0.29) is 28.8 Å². The zero-order valence-electron chi connectivity index (χ0n) is 14.9. The van der Waals surface area contributed by atoms with Gasteiger partial charge in [-0.2, -0.15) is 4.31 Å². The van der Waals surface area contributed by atoms with Gasteiger partial charge in [-0.05, 0) is 44.0 Å². The van der Waals surface area contributed by atoms with Crippen LogP contribution in [-0.2, 0) is 20.0 Å². The molecule has 10 heteroatoms. The Hall–Kier alpha value is -1.75. The Bertz CT molecular complexity index is 1090. The Kier molecular flexibility index (Phi) is 5.71. The fourth-order valence-corrected chi connectivity index (χ4v) is 6.06. The quantitative estimate of drug-likeness (QED) is 0.712. The van der Waals surface area contributed by atoms with Crippen LogP contribution in [0.4, 0.5) is 0 Å². The van der Waals surface area contributed by atoms with Gasteiger partial charge >= 0.3 is 5.63 Å². The van der Waals surface area contributed by atoms with E-state index in [0.717, 1.165) is 19.3 Å². The van der Waals surface area contributed by atoms with Crippen LogP contribution in [0.1, 0.15) is 26.2 Å². The first kappa shape index (κ1) is 20.0. The van der Waals surface area contributed by atoms with Gasteiger partial charge < -0.3 is 4.42 Å². The number of fused-ring (bicyclic) bond motifs is 1. The van der Waals surface area contributed by atoms with Gasteiger partial charge in [-0.3, -0.25) is 0 Å². The van der Waals surface area contributed by atoms with Gasteiger partial charge in [0.1, 0.15) is 5.58 Å². The van der Waals surface area contributed by atoms with Gasteiger partial charge in [0, 0.05) is 30.6 Å². The molecule has 0 spiro atoms. The summed E-state index contributed by atoms with van der Waals surface area (Å²) >= 11 is 0. The highest BCUT2D eigenvalue weighted by Crippen LogP contribution is 2.20. The van der Waals surface area contributed by atoms with Crippen molar-refractivity contribution < 1.29 is 21.3 Å². The van der Waals surface area contributed by atoms with E-state index in [9.17, 15) is 21.6 Å². The number of nitrogens with zero attached hydrogens (tertiary/aromatic N) is 1. The minimum absolute atomic E-state index is 0.0208. The number of hydrogen-bond donors (Lipinski definition) is 1. The fraction of sp³-hybridized carbons (Fsp3) is 0.471. The molecule has 2 aromatic rings. The number of piperidine rings is 1. The average molecular weight is 415 g/mol. The second-order valence-corrected chi connectivity index (χ2v) is 10.4. The lowest BCUT2D eigenvalue weighted by Gasteiger charge is -2.32. The van der Waals surface area contributed by atoms with E-state index in [4.69, 9.17) is 4.42 Å². The molecule has 27 heavy (non-hydrogen) atoms. The molecule has 1 N–H and O–H groups in total. The summed E-state index contributed by atoms with van der Waals surface area (Å²) in [6.45, 7) is 2.14. The predicted molar refractivity (Wildman–Crippen MR) is 101 cm³/mol. The van der Waals surface area contributed by atoms with Gasteiger partial charge in [0.15, 0.2) is 0 Å². The predicted octanol–water partition coefficient (Wildman–Crippen LogP) is 1.28. The maximum Gasteiger partial charge on any atom is 0.336 e. The molecule has 1 aliphatic heterocycles. The Morgan fingerprint density at radius 1 is 1.15 bits per heavy atom. The summed E-state index contributed by atoms with van der Waals surface area (Å²) in [6.07, 6.45) is 2.64.